The van der Waals surface area contributed by atoms with Crippen molar-refractivity contribution in [3.63, 3.8) is 0 Å². The Balaban J connectivity index is 1.75. The van der Waals surface area contributed by atoms with Gasteiger partial charge in [0.25, 0.3) is 0 Å². The summed E-state index contributed by atoms with van der Waals surface area (Å²) in [4.78, 5) is 23.5. The Kier molecular flexibility index (Phi) is 4.86. The second kappa shape index (κ2) is 6.85. The van der Waals surface area contributed by atoms with Crippen molar-refractivity contribution in [3.8, 4) is 0 Å². The van der Waals surface area contributed by atoms with Crippen LogP contribution in [0.3, 0.4) is 0 Å². The van der Waals surface area contributed by atoms with Crippen LogP contribution in [0.4, 0.5) is 5.69 Å². The van der Waals surface area contributed by atoms with Crippen molar-refractivity contribution in [2.75, 3.05) is 5.32 Å². The number of aldehydes is 1. The minimum atomic E-state index is 0.00964. The SMILES string of the molecule is O=Cc1ccc(NC(=O)CCCc2cccs2)cc1. The number of hydrogen-bond donors (Lipinski definition) is 1. The van der Waals surface area contributed by atoms with Gasteiger partial charge in [-0.3, -0.25) is 9.59 Å². The van der Waals surface area contributed by atoms with Gasteiger partial charge in [0.15, 0.2) is 0 Å². The van der Waals surface area contributed by atoms with E-state index >= 15 is 0 Å². The molecule has 0 aliphatic rings. The summed E-state index contributed by atoms with van der Waals surface area (Å²) in [5.41, 5.74) is 1.34. The van der Waals surface area contributed by atoms with E-state index in [0.29, 0.717) is 12.0 Å². The van der Waals surface area contributed by atoms with Gasteiger partial charge in [0, 0.05) is 22.5 Å². The van der Waals surface area contributed by atoms with E-state index in [9.17, 15) is 9.59 Å². The van der Waals surface area contributed by atoms with E-state index in [4.69, 9.17) is 0 Å². The van der Waals surface area contributed by atoms with E-state index in [1.807, 2.05) is 11.4 Å². The van der Waals surface area contributed by atoms with E-state index in [-0.39, 0.29) is 5.91 Å². The normalized spacial score (nSPS) is 10.1. The number of nitrogens with one attached hydrogen (secondary N) is 1. The Morgan fingerprint density at radius 1 is 1.21 bits per heavy atom. The van der Waals surface area contributed by atoms with E-state index in [1.165, 1.54) is 4.88 Å². The summed E-state index contributed by atoms with van der Waals surface area (Å²) in [5.74, 6) is 0.00964. The van der Waals surface area contributed by atoms with Crippen LogP contribution in [0.5, 0.6) is 0 Å². The van der Waals surface area contributed by atoms with Crippen LogP contribution in [-0.4, -0.2) is 12.2 Å². The Morgan fingerprint density at radius 2 is 2.00 bits per heavy atom. The zero-order valence-corrected chi connectivity index (χ0v) is 11.3. The van der Waals surface area contributed by atoms with Crippen LogP contribution in [-0.2, 0) is 11.2 Å². The van der Waals surface area contributed by atoms with Gasteiger partial charge in [-0.05, 0) is 48.6 Å². The lowest BCUT2D eigenvalue weighted by Gasteiger charge is -2.04. The number of aryl methyl sites for hydroxylation is 1. The quantitative estimate of drug-likeness (QED) is 0.818. The molecule has 98 valence electrons. The van der Waals surface area contributed by atoms with Crippen molar-refractivity contribution in [1.29, 1.82) is 0 Å². The predicted molar refractivity (Wildman–Crippen MR) is 77.7 cm³/mol. The molecule has 0 bridgehead atoms. The first-order valence-electron chi connectivity index (χ1n) is 6.15. The maximum absolute atomic E-state index is 11.7. The van der Waals surface area contributed by atoms with E-state index in [0.717, 1.165) is 24.8 Å². The molecule has 3 nitrogen and oxygen atoms in total. The molecular formula is C15H15NO2S. The van der Waals surface area contributed by atoms with Crippen molar-refractivity contribution >= 4 is 29.2 Å². The van der Waals surface area contributed by atoms with E-state index < -0.39 is 0 Å². The standard InChI is InChI=1S/C15H15NO2S/c17-11-12-6-8-13(9-7-12)16-15(18)5-1-3-14-4-2-10-19-14/h2,4,6-11H,1,3,5H2,(H,16,18). The van der Waals surface area contributed by atoms with Gasteiger partial charge in [0.1, 0.15) is 6.29 Å². The molecule has 4 heteroatoms. The first-order valence-corrected chi connectivity index (χ1v) is 7.03. The molecule has 19 heavy (non-hydrogen) atoms. The average molecular weight is 273 g/mol. The second-order valence-electron chi connectivity index (χ2n) is 4.22. The van der Waals surface area contributed by atoms with Gasteiger partial charge in [-0.2, -0.15) is 0 Å². The van der Waals surface area contributed by atoms with Crippen molar-refractivity contribution < 1.29 is 9.59 Å². The first-order chi connectivity index (χ1) is 9.28. The lowest BCUT2D eigenvalue weighted by atomic mass is 10.2. The first kappa shape index (κ1) is 13.5. The molecule has 0 atom stereocenters. The summed E-state index contributed by atoms with van der Waals surface area (Å²) >= 11 is 1.72. The maximum Gasteiger partial charge on any atom is 0.224 e. The minimum Gasteiger partial charge on any atom is -0.326 e. The molecule has 1 amide bonds. The fourth-order valence-corrected chi connectivity index (χ4v) is 2.50. The molecule has 1 heterocycles. The number of carbonyl (C=O) groups is 2. The number of thiophene rings is 1. The molecule has 0 fully saturated rings. The summed E-state index contributed by atoms with van der Waals surface area (Å²) in [6, 6.07) is 11.0. The topological polar surface area (TPSA) is 46.2 Å². The highest BCUT2D eigenvalue weighted by atomic mass is 32.1. The Morgan fingerprint density at radius 3 is 2.63 bits per heavy atom. The Bertz CT molecular complexity index is 532. The van der Waals surface area contributed by atoms with Crippen molar-refractivity contribution in [2.24, 2.45) is 0 Å². The number of amides is 1. The summed E-state index contributed by atoms with van der Waals surface area (Å²) in [6.45, 7) is 0. The fourth-order valence-electron chi connectivity index (χ4n) is 1.75. The highest BCUT2D eigenvalue weighted by Crippen LogP contribution is 2.13. The number of hydrogen-bond acceptors (Lipinski definition) is 3. The highest BCUT2D eigenvalue weighted by Gasteiger charge is 2.03. The van der Waals surface area contributed by atoms with Gasteiger partial charge in [-0.25, -0.2) is 0 Å². The van der Waals surface area contributed by atoms with Crippen molar-refractivity contribution in [2.45, 2.75) is 19.3 Å². The second-order valence-corrected chi connectivity index (χ2v) is 5.25. The molecule has 1 aromatic carbocycles. The molecule has 0 aliphatic carbocycles. The van der Waals surface area contributed by atoms with Crippen LogP contribution in [0.1, 0.15) is 28.1 Å². The fraction of sp³-hybridized carbons (Fsp3) is 0.200. The summed E-state index contributed by atoms with van der Waals surface area (Å²) in [6.07, 6.45) is 3.08. The smallest absolute Gasteiger partial charge is 0.224 e. The van der Waals surface area contributed by atoms with Gasteiger partial charge in [-0.1, -0.05) is 6.07 Å². The molecule has 2 rings (SSSR count). The third kappa shape index (κ3) is 4.34. The third-order valence-corrected chi connectivity index (χ3v) is 3.67. The molecule has 0 radical (unpaired) electrons. The lowest BCUT2D eigenvalue weighted by Crippen LogP contribution is -2.11. The van der Waals surface area contributed by atoms with Crippen LogP contribution >= 0.6 is 11.3 Å². The van der Waals surface area contributed by atoms with Crippen LogP contribution in [0.2, 0.25) is 0 Å². The zero-order valence-electron chi connectivity index (χ0n) is 10.5. The van der Waals surface area contributed by atoms with E-state index in [1.54, 1.807) is 35.6 Å². The van der Waals surface area contributed by atoms with Crippen LogP contribution in [0.25, 0.3) is 0 Å². The Labute approximate surface area is 116 Å². The van der Waals surface area contributed by atoms with Crippen LogP contribution in [0.15, 0.2) is 41.8 Å². The Hall–Kier alpha value is -1.94. The molecule has 0 saturated heterocycles. The largest absolute Gasteiger partial charge is 0.326 e. The van der Waals surface area contributed by atoms with Crippen molar-refractivity contribution in [3.05, 3.63) is 52.2 Å². The minimum absolute atomic E-state index is 0.00964. The maximum atomic E-state index is 11.7. The molecule has 0 aliphatic heterocycles. The van der Waals surface area contributed by atoms with Gasteiger partial charge in [0.05, 0.1) is 0 Å². The van der Waals surface area contributed by atoms with Crippen molar-refractivity contribution in [1.82, 2.24) is 0 Å². The van der Waals surface area contributed by atoms with Gasteiger partial charge in [-0.15, -0.1) is 11.3 Å². The lowest BCUT2D eigenvalue weighted by molar-refractivity contribution is -0.116. The predicted octanol–water partition coefficient (Wildman–Crippen LogP) is 3.52. The molecule has 2 aromatic rings. The summed E-state index contributed by atoms with van der Waals surface area (Å²) in [5, 5.41) is 4.87. The molecule has 1 N–H and O–H groups in total. The zero-order chi connectivity index (χ0) is 13.5. The average Bonchev–Trinajstić information content (AvgIpc) is 2.93. The van der Waals surface area contributed by atoms with Crippen LogP contribution in [0, 0.1) is 0 Å². The number of rotatable bonds is 6. The summed E-state index contributed by atoms with van der Waals surface area (Å²) < 4.78 is 0. The van der Waals surface area contributed by atoms with Gasteiger partial charge >= 0.3 is 0 Å². The molecule has 0 unspecified atom stereocenters. The highest BCUT2D eigenvalue weighted by molar-refractivity contribution is 7.09. The van der Waals surface area contributed by atoms with Gasteiger partial charge < -0.3 is 5.32 Å². The summed E-state index contributed by atoms with van der Waals surface area (Å²) in [7, 11) is 0. The molecule has 0 spiro atoms. The number of anilines is 1. The molecular weight excluding hydrogens is 258 g/mol. The third-order valence-electron chi connectivity index (χ3n) is 2.74. The van der Waals surface area contributed by atoms with Crippen LogP contribution < -0.4 is 5.32 Å². The monoisotopic (exact) mass is 273 g/mol. The van der Waals surface area contributed by atoms with E-state index in [2.05, 4.69) is 11.4 Å². The number of carbonyl (C=O) groups excluding carboxylic acids is 2. The number of benzene rings is 1. The van der Waals surface area contributed by atoms with Gasteiger partial charge in [0.2, 0.25) is 5.91 Å². The molecule has 1 aromatic heterocycles. The molecule has 0 saturated carbocycles.